The lowest BCUT2D eigenvalue weighted by molar-refractivity contribution is 0.590. The Bertz CT molecular complexity index is 3880. The third-order valence-electron chi connectivity index (χ3n) is 14.1. The molecule has 0 aliphatic heterocycles. The minimum atomic E-state index is -0.0368. The van der Waals surface area contributed by atoms with Crippen LogP contribution in [0.1, 0.15) is 52.7 Å². The summed E-state index contributed by atoms with van der Waals surface area (Å²) >= 11 is 9.98. The predicted octanol–water partition coefficient (Wildman–Crippen LogP) is 20.0. The van der Waals surface area contributed by atoms with E-state index in [1.54, 1.807) is 11.3 Å². The summed E-state index contributed by atoms with van der Waals surface area (Å²) in [5.41, 5.74) is 8.57. The van der Waals surface area contributed by atoms with Gasteiger partial charge < -0.3 is 9.80 Å². The van der Waals surface area contributed by atoms with Crippen LogP contribution in [0.2, 0.25) is 5.02 Å². The monoisotopic (exact) mass is 914 g/mol. The lowest BCUT2D eigenvalue weighted by Gasteiger charge is -2.32. The van der Waals surface area contributed by atoms with Crippen LogP contribution >= 0.6 is 22.9 Å². The molecule has 12 rings (SSSR count). The molecule has 0 fully saturated rings. The first-order chi connectivity index (χ1) is 32.9. The summed E-state index contributed by atoms with van der Waals surface area (Å²) < 4.78 is 1.23. The van der Waals surface area contributed by atoms with Crippen LogP contribution in [0.5, 0.6) is 0 Å². The first-order valence-electron chi connectivity index (χ1n) is 23.6. The molecule has 0 saturated carbocycles. The number of hydrogen-bond donors (Lipinski definition) is 0. The highest BCUT2D eigenvalue weighted by atomic mass is 35.5. The molecule has 0 aliphatic carbocycles. The molecule has 0 spiro atoms. The molecule has 0 unspecified atom stereocenters. The summed E-state index contributed by atoms with van der Waals surface area (Å²) in [5.74, 6) is 0. The Balaban J connectivity index is 1.15. The number of rotatable bonds is 6. The third kappa shape index (κ3) is 6.82. The molecule has 68 heavy (non-hydrogen) atoms. The van der Waals surface area contributed by atoms with Crippen LogP contribution in [0.15, 0.2) is 200 Å². The minimum absolute atomic E-state index is 0.00549. The Labute approximate surface area is 407 Å². The number of halogens is 1. The van der Waals surface area contributed by atoms with Gasteiger partial charge in [-0.1, -0.05) is 193 Å². The van der Waals surface area contributed by atoms with Gasteiger partial charge in [0.05, 0.1) is 27.8 Å². The normalized spacial score (nSPS) is 12.3. The molecule has 0 amide bonds. The fraction of sp³-hybridized carbons (Fsp3) is 0.125. The van der Waals surface area contributed by atoms with E-state index < -0.39 is 0 Å². The molecule has 330 valence electrons. The second kappa shape index (κ2) is 16.0. The van der Waals surface area contributed by atoms with Gasteiger partial charge in [-0.15, -0.1) is 11.3 Å². The second-order valence-electron chi connectivity index (χ2n) is 20.3. The first kappa shape index (κ1) is 42.2. The van der Waals surface area contributed by atoms with Crippen molar-refractivity contribution >= 4 is 132 Å². The van der Waals surface area contributed by atoms with Crippen molar-refractivity contribution in [2.45, 2.75) is 52.4 Å². The molecule has 2 nitrogen and oxygen atoms in total. The summed E-state index contributed by atoms with van der Waals surface area (Å²) in [5, 5.41) is 18.9. The molecule has 0 bridgehead atoms. The molecule has 0 radical (unpaired) electrons. The van der Waals surface area contributed by atoms with E-state index in [-0.39, 0.29) is 10.8 Å². The van der Waals surface area contributed by atoms with Crippen LogP contribution in [0.3, 0.4) is 0 Å². The number of nitrogens with zero attached hydrogens (tertiary/aromatic N) is 2. The summed E-state index contributed by atoms with van der Waals surface area (Å²) in [6, 6.07) is 71.6. The van der Waals surface area contributed by atoms with Gasteiger partial charge in [-0.25, -0.2) is 0 Å². The number of thiophene rings is 1. The highest BCUT2D eigenvalue weighted by Crippen LogP contribution is 2.53. The number of hydrogen-bond acceptors (Lipinski definition) is 3. The van der Waals surface area contributed by atoms with E-state index in [0.717, 1.165) is 34.1 Å². The molecule has 0 saturated heterocycles. The molecule has 11 aromatic carbocycles. The standard InChI is InChI=1S/C64H51ClN2S/c1-63(2,3)40-29-32-42(33-30-40)66(43-34-35-51-46-19-8-7-17-44(46)45-18-10-12-23-50(45)54(51)38-43)57-27-16-28-58(62(57)65)67(59-39-68-60-36-31-41(37-55(59)60)64(4,5)6)56-26-15-25-53-49-21-11-9-20-47(49)48-22-13-14-24-52(48)61(53)56/h7-39H,1-6H3. The molecule has 12 aromatic rings. The van der Waals surface area contributed by atoms with Crippen molar-refractivity contribution in [3.05, 3.63) is 216 Å². The van der Waals surface area contributed by atoms with E-state index in [0.29, 0.717) is 5.02 Å². The second-order valence-corrected chi connectivity index (χ2v) is 21.6. The highest BCUT2D eigenvalue weighted by Gasteiger charge is 2.28. The van der Waals surface area contributed by atoms with Crippen LogP contribution in [-0.2, 0) is 10.8 Å². The third-order valence-corrected chi connectivity index (χ3v) is 15.4. The molecule has 4 heteroatoms. The van der Waals surface area contributed by atoms with Gasteiger partial charge in [0, 0.05) is 32.2 Å². The molecule has 0 N–H and O–H groups in total. The van der Waals surface area contributed by atoms with E-state index in [1.807, 2.05) is 0 Å². The molecule has 0 aliphatic rings. The van der Waals surface area contributed by atoms with Gasteiger partial charge in [-0.2, -0.15) is 0 Å². The zero-order valence-electron chi connectivity index (χ0n) is 39.2. The van der Waals surface area contributed by atoms with E-state index in [4.69, 9.17) is 11.6 Å². The maximum Gasteiger partial charge on any atom is 0.0887 e. The van der Waals surface area contributed by atoms with Crippen molar-refractivity contribution in [2.24, 2.45) is 0 Å². The van der Waals surface area contributed by atoms with Crippen LogP contribution in [-0.4, -0.2) is 0 Å². The van der Waals surface area contributed by atoms with Crippen molar-refractivity contribution in [3.8, 4) is 0 Å². The van der Waals surface area contributed by atoms with Crippen LogP contribution in [0.25, 0.3) is 74.7 Å². The van der Waals surface area contributed by atoms with E-state index in [1.165, 1.54) is 85.8 Å². The topological polar surface area (TPSA) is 6.48 Å². The zero-order valence-corrected chi connectivity index (χ0v) is 40.8. The molecular formula is C64H51ClN2S. The molecule has 1 heterocycles. The largest absolute Gasteiger partial charge is 0.309 e. The summed E-state index contributed by atoms with van der Waals surface area (Å²) in [6.45, 7) is 13.7. The Morgan fingerprint density at radius 3 is 1.32 bits per heavy atom. The van der Waals surface area contributed by atoms with Gasteiger partial charge in [-0.3, -0.25) is 0 Å². The lowest BCUT2D eigenvalue weighted by atomic mass is 9.86. The van der Waals surface area contributed by atoms with Crippen LogP contribution in [0, 0.1) is 0 Å². The fourth-order valence-corrected chi connectivity index (χ4v) is 11.8. The Morgan fingerprint density at radius 1 is 0.338 bits per heavy atom. The van der Waals surface area contributed by atoms with Gasteiger partial charge in [0.1, 0.15) is 0 Å². The van der Waals surface area contributed by atoms with E-state index in [2.05, 4.69) is 251 Å². The first-order valence-corrected chi connectivity index (χ1v) is 24.9. The predicted molar refractivity (Wildman–Crippen MR) is 299 cm³/mol. The average molecular weight is 916 g/mol. The quantitative estimate of drug-likeness (QED) is 0.153. The maximum atomic E-state index is 8.20. The zero-order chi connectivity index (χ0) is 46.5. The number of anilines is 6. The Kier molecular flexibility index (Phi) is 9.92. The summed E-state index contributed by atoms with van der Waals surface area (Å²) in [7, 11) is 0. The average Bonchev–Trinajstić information content (AvgIpc) is 3.78. The highest BCUT2D eigenvalue weighted by molar-refractivity contribution is 7.17. The fourth-order valence-electron chi connectivity index (χ4n) is 10.6. The Hall–Kier alpha value is -7.17. The van der Waals surface area contributed by atoms with Crippen molar-refractivity contribution in [3.63, 3.8) is 0 Å². The number of fused-ring (bicyclic) bond motifs is 13. The van der Waals surface area contributed by atoms with Crippen molar-refractivity contribution in [2.75, 3.05) is 9.80 Å². The van der Waals surface area contributed by atoms with Gasteiger partial charge in [0.15, 0.2) is 0 Å². The van der Waals surface area contributed by atoms with Gasteiger partial charge in [-0.05, 0) is 136 Å². The van der Waals surface area contributed by atoms with Gasteiger partial charge in [0.25, 0.3) is 0 Å². The Morgan fingerprint density at radius 2 is 0.765 bits per heavy atom. The van der Waals surface area contributed by atoms with E-state index >= 15 is 0 Å². The van der Waals surface area contributed by atoms with Crippen molar-refractivity contribution in [1.29, 1.82) is 0 Å². The SMILES string of the molecule is CC(C)(C)c1ccc(N(c2ccc3c4ccccc4c4ccccc4c3c2)c2cccc(N(c3csc4ccc(C(C)(C)C)cc34)c3cccc4c5ccccc5c5ccccc5c34)c2Cl)cc1. The maximum absolute atomic E-state index is 8.20. The lowest BCUT2D eigenvalue weighted by Crippen LogP contribution is -2.15. The molecular weight excluding hydrogens is 864 g/mol. The van der Waals surface area contributed by atoms with Crippen molar-refractivity contribution in [1.82, 2.24) is 0 Å². The summed E-state index contributed by atoms with van der Waals surface area (Å²) in [6.07, 6.45) is 0. The number of benzene rings is 11. The smallest absolute Gasteiger partial charge is 0.0887 e. The minimum Gasteiger partial charge on any atom is -0.309 e. The molecule has 1 aromatic heterocycles. The molecule has 0 atom stereocenters. The van der Waals surface area contributed by atoms with Crippen LogP contribution < -0.4 is 9.80 Å². The van der Waals surface area contributed by atoms with Crippen LogP contribution in [0.4, 0.5) is 34.1 Å². The van der Waals surface area contributed by atoms with Crippen molar-refractivity contribution < 1.29 is 0 Å². The van der Waals surface area contributed by atoms with Gasteiger partial charge in [0.2, 0.25) is 0 Å². The van der Waals surface area contributed by atoms with E-state index in [9.17, 15) is 0 Å². The van der Waals surface area contributed by atoms with Gasteiger partial charge >= 0.3 is 0 Å². The summed E-state index contributed by atoms with van der Waals surface area (Å²) in [4.78, 5) is 4.80.